The van der Waals surface area contributed by atoms with Crippen molar-refractivity contribution in [3.05, 3.63) is 27.4 Å². The highest BCUT2D eigenvalue weighted by Gasteiger charge is 2.24. The maximum absolute atomic E-state index is 12.1. The fraction of sp³-hybridized carbons (Fsp3) is 0.100. The zero-order valence-corrected chi connectivity index (χ0v) is 12.4. The Morgan fingerprint density at radius 2 is 2.05 bits per heavy atom. The van der Waals surface area contributed by atoms with Gasteiger partial charge in [-0.15, -0.1) is 22.7 Å². The number of hydrogen-bond acceptors (Lipinski definition) is 7. The average molecular weight is 332 g/mol. The Bertz CT molecular complexity index is 774. The first-order valence-electron chi connectivity index (χ1n) is 5.11. The molecule has 0 radical (unpaired) electrons. The lowest BCUT2D eigenvalue weighted by atomic mass is 10.4. The van der Waals surface area contributed by atoms with Crippen LogP contribution < -0.4 is 4.72 Å². The lowest BCUT2D eigenvalue weighted by molar-refractivity contribution is 0.0698. The largest absolute Gasteiger partial charge is 0.477 e. The molecule has 2 heterocycles. The first-order chi connectivity index (χ1) is 9.31. The van der Waals surface area contributed by atoms with Crippen molar-refractivity contribution in [2.24, 2.45) is 0 Å². The number of rotatable bonds is 5. The number of nitrogens with zero attached hydrogens (tertiary/aromatic N) is 1. The van der Waals surface area contributed by atoms with E-state index in [1.165, 1.54) is 23.8 Å². The van der Waals surface area contributed by atoms with E-state index in [9.17, 15) is 18.0 Å². The number of Topliss-reactive ketones (excluding diaryl/α,β-unsaturated/α-hetero) is 1. The van der Waals surface area contributed by atoms with Crippen LogP contribution in [0.15, 0.2) is 21.7 Å². The summed E-state index contributed by atoms with van der Waals surface area (Å²) >= 11 is 1.77. The van der Waals surface area contributed by atoms with E-state index >= 15 is 0 Å². The van der Waals surface area contributed by atoms with Gasteiger partial charge < -0.3 is 5.11 Å². The Morgan fingerprint density at radius 3 is 2.60 bits per heavy atom. The van der Waals surface area contributed by atoms with Crippen molar-refractivity contribution in [1.82, 2.24) is 4.98 Å². The summed E-state index contributed by atoms with van der Waals surface area (Å²) < 4.78 is 26.3. The summed E-state index contributed by atoms with van der Waals surface area (Å²) in [4.78, 5) is 25.2. The van der Waals surface area contributed by atoms with Crippen LogP contribution >= 0.6 is 22.7 Å². The predicted molar refractivity (Wildman–Crippen MR) is 74.2 cm³/mol. The number of nitrogens with one attached hydrogen (secondary N) is 1. The molecule has 2 N–H and O–H groups in total. The molecule has 0 aromatic carbocycles. The Balaban J connectivity index is 2.33. The van der Waals surface area contributed by atoms with Crippen molar-refractivity contribution < 1.29 is 23.1 Å². The Morgan fingerprint density at radius 1 is 1.35 bits per heavy atom. The third-order valence-corrected chi connectivity index (χ3v) is 5.50. The van der Waals surface area contributed by atoms with Crippen molar-refractivity contribution in [2.75, 3.05) is 4.72 Å². The number of hydrogen-bond donors (Lipinski definition) is 2. The van der Waals surface area contributed by atoms with E-state index in [-0.39, 0.29) is 26.4 Å². The number of aromatic nitrogens is 1. The first-order valence-corrected chi connectivity index (χ1v) is 8.35. The highest BCUT2D eigenvalue weighted by atomic mass is 32.2. The molecule has 2 rings (SSSR count). The van der Waals surface area contributed by atoms with Gasteiger partial charge in [0.25, 0.3) is 10.0 Å². The molecule has 0 aliphatic heterocycles. The molecule has 7 nitrogen and oxygen atoms in total. The topological polar surface area (TPSA) is 113 Å². The smallest absolute Gasteiger partial charge is 0.347 e. The minimum Gasteiger partial charge on any atom is -0.477 e. The number of carbonyl (C=O) groups is 2. The lowest BCUT2D eigenvalue weighted by Crippen LogP contribution is -2.15. The van der Waals surface area contributed by atoms with Gasteiger partial charge in [0.15, 0.2) is 10.9 Å². The molecule has 0 fully saturated rings. The highest BCUT2D eigenvalue weighted by Crippen LogP contribution is 2.25. The summed E-state index contributed by atoms with van der Waals surface area (Å²) in [5, 5.41) is 11.7. The third-order valence-electron chi connectivity index (χ3n) is 2.20. The van der Waals surface area contributed by atoms with Gasteiger partial charge in [-0.1, -0.05) is 0 Å². The van der Waals surface area contributed by atoms with Gasteiger partial charge in [-0.05, 0) is 11.4 Å². The summed E-state index contributed by atoms with van der Waals surface area (Å²) in [7, 11) is -4.04. The van der Waals surface area contributed by atoms with Crippen molar-refractivity contribution in [3.8, 4) is 0 Å². The number of thiazole rings is 1. The zero-order valence-electron chi connectivity index (χ0n) is 9.98. The summed E-state index contributed by atoms with van der Waals surface area (Å²) in [6.07, 6.45) is 0. The van der Waals surface area contributed by atoms with Gasteiger partial charge in [-0.3, -0.25) is 9.52 Å². The maximum Gasteiger partial charge on any atom is 0.347 e. The molecule has 2 aromatic rings. The van der Waals surface area contributed by atoms with Crippen LogP contribution in [0.2, 0.25) is 0 Å². The SMILES string of the molecule is CC(=O)c1csc(NS(=O)(=O)c2ccsc2C(=O)O)n1. The molecule has 0 spiro atoms. The van der Waals surface area contributed by atoms with Crippen LogP contribution in [0.1, 0.15) is 27.1 Å². The fourth-order valence-corrected chi connectivity index (χ4v) is 4.58. The second kappa shape index (κ2) is 5.31. The normalized spacial score (nSPS) is 11.2. The van der Waals surface area contributed by atoms with Gasteiger partial charge in [0.2, 0.25) is 0 Å². The fourth-order valence-electron chi connectivity index (χ4n) is 1.32. The van der Waals surface area contributed by atoms with Crippen LogP contribution in [0, 0.1) is 0 Å². The van der Waals surface area contributed by atoms with Crippen molar-refractivity contribution in [1.29, 1.82) is 0 Å². The van der Waals surface area contributed by atoms with Gasteiger partial charge in [-0.25, -0.2) is 18.2 Å². The Labute approximate surface area is 122 Å². The molecule has 0 atom stereocenters. The van der Waals surface area contributed by atoms with Crippen LogP contribution in [-0.4, -0.2) is 30.3 Å². The quantitative estimate of drug-likeness (QED) is 0.809. The monoisotopic (exact) mass is 332 g/mol. The second-order valence-electron chi connectivity index (χ2n) is 3.62. The first kappa shape index (κ1) is 14.6. The Hall–Kier alpha value is -1.78. The van der Waals surface area contributed by atoms with E-state index < -0.39 is 16.0 Å². The standard InChI is InChI=1S/C10H8N2O5S3/c1-5(13)6-4-19-10(11-6)12-20(16,17)7-2-3-18-8(7)9(14)15/h2-4H,1H3,(H,11,12)(H,14,15). The number of sulfonamides is 1. The summed E-state index contributed by atoms with van der Waals surface area (Å²) in [6, 6.07) is 1.20. The van der Waals surface area contributed by atoms with E-state index in [1.54, 1.807) is 0 Å². The number of carbonyl (C=O) groups excluding carboxylic acids is 1. The van der Waals surface area contributed by atoms with E-state index in [0.29, 0.717) is 0 Å². The van der Waals surface area contributed by atoms with Gasteiger partial charge in [0.1, 0.15) is 15.5 Å². The number of aromatic carboxylic acids is 1. The molecule has 0 aliphatic carbocycles. The molecular formula is C10H8N2O5S3. The van der Waals surface area contributed by atoms with Gasteiger partial charge in [0.05, 0.1) is 0 Å². The average Bonchev–Trinajstić information content (AvgIpc) is 2.95. The molecule has 2 aromatic heterocycles. The molecule has 0 saturated carbocycles. The van der Waals surface area contributed by atoms with E-state index in [4.69, 9.17) is 5.11 Å². The number of thiophene rings is 1. The molecular weight excluding hydrogens is 324 g/mol. The van der Waals surface area contributed by atoms with Crippen molar-refractivity contribution in [3.63, 3.8) is 0 Å². The molecule has 20 heavy (non-hydrogen) atoms. The minimum absolute atomic E-state index is 0.0118. The maximum atomic E-state index is 12.1. The predicted octanol–water partition coefficient (Wildman–Crippen LogP) is 1.91. The van der Waals surface area contributed by atoms with Crippen LogP contribution in [0.4, 0.5) is 5.13 Å². The van der Waals surface area contributed by atoms with Crippen molar-refractivity contribution in [2.45, 2.75) is 11.8 Å². The lowest BCUT2D eigenvalue weighted by Gasteiger charge is -2.03. The molecule has 0 aliphatic rings. The van der Waals surface area contributed by atoms with Crippen LogP contribution in [0.5, 0.6) is 0 Å². The van der Waals surface area contributed by atoms with Gasteiger partial charge in [0, 0.05) is 12.3 Å². The molecule has 0 unspecified atom stereocenters. The van der Waals surface area contributed by atoms with Gasteiger partial charge >= 0.3 is 5.97 Å². The molecule has 0 amide bonds. The number of carboxylic acid groups (broad SMARTS) is 1. The molecule has 10 heteroatoms. The van der Waals surface area contributed by atoms with Crippen molar-refractivity contribution >= 4 is 49.6 Å². The van der Waals surface area contributed by atoms with Crippen LogP contribution in [-0.2, 0) is 10.0 Å². The number of carboxylic acids is 1. The summed E-state index contributed by atoms with van der Waals surface area (Å²) in [6.45, 7) is 1.31. The zero-order chi connectivity index (χ0) is 14.9. The summed E-state index contributed by atoms with van der Waals surface area (Å²) in [5.74, 6) is -1.60. The van der Waals surface area contributed by atoms with Crippen LogP contribution in [0.3, 0.4) is 0 Å². The third kappa shape index (κ3) is 2.86. The van der Waals surface area contributed by atoms with E-state index in [1.807, 2.05) is 0 Å². The number of ketones is 1. The molecule has 106 valence electrons. The van der Waals surface area contributed by atoms with E-state index in [2.05, 4.69) is 9.71 Å². The van der Waals surface area contributed by atoms with E-state index in [0.717, 1.165) is 22.7 Å². The van der Waals surface area contributed by atoms with Crippen LogP contribution in [0.25, 0.3) is 0 Å². The second-order valence-corrected chi connectivity index (χ2v) is 7.04. The summed E-state index contributed by atoms with van der Waals surface area (Å²) in [5.41, 5.74) is 0.150. The number of anilines is 1. The van der Waals surface area contributed by atoms with Gasteiger partial charge in [-0.2, -0.15) is 0 Å². The molecule has 0 saturated heterocycles. The Kier molecular flexibility index (Phi) is 3.88. The highest BCUT2D eigenvalue weighted by molar-refractivity contribution is 7.93. The molecule has 0 bridgehead atoms. The minimum atomic E-state index is -4.04.